The lowest BCUT2D eigenvalue weighted by molar-refractivity contribution is -0.117. The summed E-state index contributed by atoms with van der Waals surface area (Å²) in [6, 6.07) is 15.9. The molecule has 0 atom stereocenters. The van der Waals surface area contributed by atoms with E-state index in [1.54, 1.807) is 0 Å². The number of nitrogens with one attached hydrogen (secondary N) is 1. The Kier molecular flexibility index (Phi) is 5.49. The summed E-state index contributed by atoms with van der Waals surface area (Å²) in [5, 5.41) is 2.96. The molecule has 2 aromatic rings. The van der Waals surface area contributed by atoms with Gasteiger partial charge in [-0.2, -0.15) is 0 Å². The molecule has 0 spiro atoms. The Hall–Kier alpha value is -2.62. The number of hydrogen-bond acceptors (Lipinski definition) is 2. The van der Waals surface area contributed by atoms with Crippen LogP contribution in [0.2, 0.25) is 0 Å². The second-order valence-electron chi connectivity index (χ2n) is 6.54. The van der Waals surface area contributed by atoms with Crippen LogP contribution < -0.4 is 10.2 Å². The van der Waals surface area contributed by atoms with Gasteiger partial charge in [-0.25, -0.2) is 0 Å². The van der Waals surface area contributed by atoms with Crippen molar-refractivity contribution in [3.8, 4) is 0 Å². The first-order valence-corrected chi connectivity index (χ1v) is 8.88. The molecule has 4 nitrogen and oxygen atoms in total. The average molecular weight is 336 g/mol. The lowest BCUT2D eigenvalue weighted by Crippen LogP contribution is -2.24. The van der Waals surface area contributed by atoms with Crippen LogP contribution in [0.4, 0.5) is 11.4 Å². The van der Waals surface area contributed by atoms with E-state index in [2.05, 4.69) is 17.4 Å². The van der Waals surface area contributed by atoms with Crippen LogP contribution in [-0.2, 0) is 16.0 Å². The van der Waals surface area contributed by atoms with E-state index >= 15 is 0 Å². The van der Waals surface area contributed by atoms with Gasteiger partial charge in [0.05, 0.1) is 0 Å². The number of rotatable bonds is 6. The van der Waals surface area contributed by atoms with Gasteiger partial charge >= 0.3 is 0 Å². The summed E-state index contributed by atoms with van der Waals surface area (Å²) in [6.45, 7) is 2.76. The van der Waals surface area contributed by atoms with Gasteiger partial charge in [-0.15, -0.1) is 0 Å². The van der Waals surface area contributed by atoms with Crippen LogP contribution in [0, 0.1) is 6.92 Å². The molecule has 0 aromatic heterocycles. The summed E-state index contributed by atoms with van der Waals surface area (Å²) in [6.07, 6.45) is 3.77. The number of carbonyl (C=O) groups is 2. The molecule has 25 heavy (non-hydrogen) atoms. The Morgan fingerprint density at radius 3 is 2.64 bits per heavy atom. The Balaban J connectivity index is 1.53. The Bertz CT molecular complexity index is 756. The van der Waals surface area contributed by atoms with Crippen LogP contribution in [0.25, 0.3) is 0 Å². The first-order valence-electron chi connectivity index (χ1n) is 8.88. The quantitative estimate of drug-likeness (QED) is 0.864. The zero-order valence-corrected chi connectivity index (χ0v) is 14.6. The number of aryl methyl sites for hydroxylation is 2. The molecule has 1 aliphatic rings. The van der Waals surface area contributed by atoms with E-state index in [1.807, 2.05) is 48.2 Å². The molecule has 1 heterocycles. The molecule has 0 saturated carbocycles. The number of benzene rings is 2. The highest BCUT2D eigenvalue weighted by molar-refractivity contribution is 5.97. The van der Waals surface area contributed by atoms with Crippen molar-refractivity contribution in [2.45, 2.75) is 39.0 Å². The third-order valence-electron chi connectivity index (χ3n) is 4.56. The van der Waals surface area contributed by atoms with E-state index in [4.69, 9.17) is 0 Å². The van der Waals surface area contributed by atoms with Crippen molar-refractivity contribution in [3.05, 3.63) is 59.7 Å². The van der Waals surface area contributed by atoms with Gasteiger partial charge in [0.1, 0.15) is 0 Å². The fraction of sp³-hybridized carbons (Fsp3) is 0.333. The van der Waals surface area contributed by atoms with Gasteiger partial charge in [-0.3, -0.25) is 9.59 Å². The third kappa shape index (κ3) is 4.47. The molecule has 0 bridgehead atoms. The molecule has 1 saturated heterocycles. The number of amides is 2. The second-order valence-corrected chi connectivity index (χ2v) is 6.54. The van der Waals surface area contributed by atoms with E-state index in [0.29, 0.717) is 12.8 Å². The summed E-state index contributed by atoms with van der Waals surface area (Å²) in [5.41, 5.74) is 4.00. The number of anilines is 2. The van der Waals surface area contributed by atoms with E-state index in [9.17, 15) is 9.59 Å². The predicted molar refractivity (Wildman–Crippen MR) is 101 cm³/mol. The summed E-state index contributed by atoms with van der Waals surface area (Å²) in [7, 11) is 0. The van der Waals surface area contributed by atoms with Gasteiger partial charge in [0.25, 0.3) is 0 Å². The highest BCUT2D eigenvalue weighted by Crippen LogP contribution is 2.27. The number of nitrogens with zero attached hydrogens (tertiary/aromatic N) is 1. The first kappa shape index (κ1) is 17.2. The van der Waals surface area contributed by atoms with Crippen LogP contribution in [0.3, 0.4) is 0 Å². The topological polar surface area (TPSA) is 49.4 Å². The molecule has 0 aliphatic carbocycles. The summed E-state index contributed by atoms with van der Waals surface area (Å²) >= 11 is 0. The van der Waals surface area contributed by atoms with Crippen LogP contribution in [0.15, 0.2) is 48.5 Å². The molecule has 3 rings (SSSR count). The van der Waals surface area contributed by atoms with Crippen LogP contribution in [0.1, 0.15) is 36.8 Å². The maximum absolute atomic E-state index is 12.1. The molecule has 1 N–H and O–H groups in total. The van der Waals surface area contributed by atoms with Crippen LogP contribution >= 0.6 is 0 Å². The zero-order chi connectivity index (χ0) is 17.6. The predicted octanol–water partition coefficient (Wildman–Crippen LogP) is 4.08. The van der Waals surface area contributed by atoms with Gasteiger partial charge in [0.2, 0.25) is 11.8 Å². The lowest BCUT2D eigenvalue weighted by atomic mass is 10.1. The third-order valence-corrected chi connectivity index (χ3v) is 4.56. The van der Waals surface area contributed by atoms with Crippen molar-refractivity contribution in [2.24, 2.45) is 0 Å². The molecule has 130 valence electrons. The molecule has 0 radical (unpaired) electrons. The van der Waals surface area contributed by atoms with Gasteiger partial charge in [0, 0.05) is 30.8 Å². The van der Waals surface area contributed by atoms with Crippen molar-refractivity contribution in [1.29, 1.82) is 0 Å². The van der Waals surface area contributed by atoms with Gasteiger partial charge in [-0.1, -0.05) is 30.3 Å². The van der Waals surface area contributed by atoms with E-state index in [0.717, 1.165) is 42.7 Å². The summed E-state index contributed by atoms with van der Waals surface area (Å²) in [4.78, 5) is 25.8. The fourth-order valence-electron chi connectivity index (χ4n) is 3.26. The van der Waals surface area contributed by atoms with E-state index in [-0.39, 0.29) is 11.8 Å². The SMILES string of the molecule is Cc1cc(NC(=O)CCCc2ccccc2)ccc1N1CCCC1=O. The normalized spacial score (nSPS) is 14.0. The van der Waals surface area contributed by atoms with Crippen molar-refractivity contribution in [1.82, 2.24) is 0 Å². The van der Waals surface area contributed by atoms with Crippen LogP contribution in [-0.4, -0.2) is 18.4 Å². The highest BCUT2D eigenvalue weighted by atomic mass is 16.2. The Morgan fingerprint density at radius 2 is 1.96 bits per heavy atom. The fourth-order valence-corrected chi connectivity index (χ4v) is 3.26. The number of carbonyl (C=O) groups excluding carboxylic acids is 2. The first-order chi connectivity index (χ1) is 12.1. The van der Waals surface area contributed by atoms with Crippen molar-refractivity contribution in [3.63, 3.8) is 0 Å². The highest BCUT2D eigenvalue weighted by Gasteiger charge is 2.22. The Labute approximate surface area is 148 Å². The molecule has 2 amide bonds. The van der Waals surface area contributed by atoms with Gasteiger partial charge in [-0.05, 0) is 55.5 Å². The largest absolute Gasteiger partial charge is 0.326 e. The molecular weight excluding hydrogens is 312 g/mol. The second kappa shape index (κ2) is 7.97. The van der Waals surface area contributed by atoms with Gasteiger partial charge < -0.3 is 10.2 Å². The summed E-state index contributed by atoms with van der Waals surface area (Å²) in [5.74, 6) is 0.209. The standard InChI is InChI=1S/C21H24N2O2/c1-16-15-18(12-13-19(16)23-14-6-11-21(23)25)22-20(24)10-5-9-17-7-3-2-4-8-17/h2-4,7-8,12-13,15H,5-6,9-11,14H2,1H3,(H,22,24). The molecule has 2 aromatic carbocycles. The van der Waals surface area contributed by atoms with Crippen molar-refractivity contribution >= 4 is 23.2 Å². The molecule has 4 heteroatoms. The van der Waals surface area contributed by atoms with E-state index in [1.165, 1.54) is 5.56 Å². The van der Waals surface area contributed by atoms with Crippen molar-refractivity contribution < 1.29 is 9.59 Å². The smallest absolute Gasteiger partial charge is 0.227 e. The van der Waals surface area contributed by atoms with E-state index < -0.39 is 0 Å². The maximum Gasteiger partial charge on any atom is 0.227 e. The molecular formula is C21H24N2O2. The van der Waals surface area contributed by atoms with Crippen molar-refractivity contribution in [2.75, 3.05) is 16.8 Å². The summed E-state index contributed by atoms with van der Waals surface area (Å²) < 4.78 is 0. The Morgan fingerprint density at radius 1 is 1.16 bits per heavy atom. The monoisotopic (exact) mass is 336 g/mol. The number of hydrogen-bond donors (Lipinski definition) is 1. The lowest BCUT2D eigenvalue weighted by Gasteiger charge is -2.19. The minimum absolute atomic E-state index is 0.0281. The zero-order valence-electron chi connectivity index (χ0n) is 14.6. The molecule has 0 unspecified atom stereocenters. The minimum Gasteiger partial charge on any atom is -0.326 e. The average Bonchev–Trinajstić information content (AvgIpc) is 3.02. The van der Waals surface area contributed by atoms with Gasteiger partial charge in [0.15, 0.2) is 0 Å². The molecule has 1 aliphatic heterocycles. The molecule has 1 fully saturated rings. The minimum atomic E-state index is 0.0281. The maximum atomic E-state index is 12.1. The van der Waals surface area contributed by atoms with Crippen LogP contribution in [0.5, 0.6) is 0 Å².